The fourth-order valence-corrected chi connectivity index (χ4v) is 13.5. The first-order valence-electron chi connectivity index (χ1n) is 11.9. The molecule has 0 fully saturated rings. The molecular weight excluding hydrogens is 735 g/mol. The predicted molar refractivity (Wildman–Crippen MR) is 140 cm³/mol. The van der Waals surface area contributed by atoms with Gasteiger partial charge in [0, 0.05) is 0 Å². The molecule has 0 heterocycles. The van der Waals surface area contributed by atoms with Gasteiger partial charge in [-0.1, -0.05) is 81.6 Å². The van der Waals surface area contributed by atoms with Crippen molar-refractivity contribution in [1.29, 1.82) is 0 Å². The van der Waals surface area contributed by atoms with E-state index in [-0.39, 0.29) is 59.8 Å². The zero-order valence-electron chi connectivity index (χ0n) is 23.2. The molecule has 0 unspecified atom stereocenters. The number of allylic oxidation sites excluding steroid dienone is 8. The van der Waals surface area contributed by atoms with Gasteiger partial charge in [0.25, 0.3) is 0 Å². The van der Waals surface area contributed by atoms with Crippen LogP contribution in [0.25, 0.3) is 0 Å². The molecule has 0 bridgehead atoms. The molecule has 0 saturated heterocycles. The van der Waals surface area contributed by atoms with Crippen LogP contribution in [-0.4, -0.2) is 49.8 Å². The second-order valence-electron chi connectivity index (χ2n) is 10.7. The fourth-order valence-electron chi connectivity index (χ4n) is 5.70. The molecule has 0 aliphatic heterocycles. The number of rotatable bonds is 8. The molecule has 7 heteroatoms. The maximum Gasteiger partial charge on any atom is 4.00 e. The van der Waals surface area contributed by atoms with E-state index >= 15 is 0 Å². The molecule has 0 atom stereocenters. The number of hydrogen-bond acceptors (Lipinski definition) is 2. The molecule has 0 aromatic heterocycles. The van der Waals surface area contributed by atoms with Crippen molar-refractivity contribution in [2.45, 2.75) is 119 Å². The van der Waals surface area contributed by atoms with Gasteiger partial charge in [-0.2, -0.15) is 12.2 Å². The maximum atomic E-state index is 3.51. The Morgan fingerprint density at radius 2 is 0.848 bits per heavy atom. The van der Waals surface area contributed by atoms with Gasteiger partial charge in [-0.15, -0.1) is 12.8 Å². The summed E-state index contributed by atoms with van der Waals surface area (Å²) in [6, 6.07) is 2.48. The molecule has 0 spiro atoms. The Balaban J connectivity index is -0.000000500. The molecule has 188 valence electrons. The molecule has 0 aromatic rings. The standard InChI is InChI=1S/2C13H24NSi.2BrH.Hf/c2*1-11(2)14(12(3)4)15(5,6)13-9-7-8-10-13;;;/h2*7,9,11-12H,8H2,1-6H3;2*1H;/q2*-1;;;+4/p-2. The second kappa shape index (κ2) is 16.8. The van der Waals surface area contributed by atoms with Gasteiger partial charge in [0.05, 0.1) is 0 Å². The van der Waals surface area contributed by atoms with Crippen LogP contribution in [0.3, 0.4) is 0 Å². The van der Waals surface area contributed by atoms with Gasteiger partial charge < -0.3 is 43.1 Å². The van der Waals surface area contributed by atoms with Crippen LogP contribution in [0.4, 0.5) is 0 Å². The van der Waals surface area contributed by atoms with Crippen molar-refractivity contribution >= 4 is 16.5 Å². The van der Waals surface area contributed by atoms with Crippen LogP contribution in [0.1, 0.15) is 68.2 Å². The summed E-state index contributed by atoms with van der Waals surface area (Å²) >= 11 is 0. The third kappa shape index (κ3) is 10.6. The Morgan fingerprint density at radius 1 is 0.606 bits per heavy atom. The summed E-state index contributed by atoms with van der Waals surface area (Å²) in [4.78, 5) is 0. The van der Waals surface area contributed by atoms with Crippen molar-refractivity contribution < 1.29 is 59.8 Å². The molecule has 2 aliphatic carbocycles. The summed E-state index contributed by atoms with van der Waals surface area (Å²) in [5.74, 6) is 0. The van der Waals surface area contributed by atoms with Gasteiger partial charge in [-0.25, -0.2) is 22.5 Å². The third-order valence-electron chi connectivity index (χ3n) is 6.22. The predicted octanol–water partition coefficient (Wildman–Crippen LogP) is 1.08. The van der Waals surface area contributed by atoms with E-state index in [9.17, 15) is 0 Å². The minimum absolute atomic E-state index is 0. The molecule has 2 rings (SSSR count). The van der Waals surface area contributed by atoms with Gasteiger partial charge in [0.1, 0.15) is 16.5 Å². The smallest absolute Gasteiger partial charge is 1.00 e. The molecule has 0 aromatic carbocycles. The van der Waals surface area contributed by atoms with Gasteiger partial charge in [0.15, 0.2) is 0 Å². The summed E-state index contributed by atoms with van der Waals surface area (Å²) < 4.78 is 5.37. The zero-order chi connectivity index (χ0) is 23.3. The minimum atomic E-state index is -1.47. The van der Waals surface area contributed by atoms with Gasteiger partial charge >= 0.3 is 25.8 Å². The largest absolute Gasteiger partial charge is 4.00 e. The van der Waals surface area contributed by atoms with Crippen molar-refractivity contribution in [2.24, 2.45) is 0 Å². The van der Waals surface area contributed by atoms with E-state index in [1.807, 2.05) is 0 Å². The summed E-state index contributed by atoms with van der Waals surface area (Å²) in [6.45, 7) is 28.1. The van der Waals surface area contributed by atoms with Crippen LogP contribution >= 0.6 is 0 Å². The van der Waals surface area contributed by atoms with Crippen molar-refractivity contribution in [1.82, 2.24) is 9.13 Å². The Morgan fingerprint density at radius 3 is 1.00 bits per heavy atom. The Labute approximate surface area is 248 Å². The van der Waals surface area contributed by atoms with Crippen molar-refractivity contribution in [3.8, 4) is 0 Å². The van der Waals surface area contributed by atoms with Crippen molar-refractivity contribution in [3.63, 3.8) is 0 Å². The zero-order valence-corrected chi connectivity index (χ0v) is 31.9. The normalized spacial score (nSPS) is 15.5. The molecule has 0 amide bonds. The van der Waals surface area contributed by atoms with E-state index in [0.29, 0.717) is 24.2 Å². The van der Waals surface area contributed by atoms with E-state index in [1.165, 1.54) is 10.4 Å². The van der Waals surface area contributed by atoms with Crippen LogP contribution in [0, 0.1) is 12.2 Å². The molecule has 0 N–H and O–H groups in total. The Kier molecular flexibility index (Phi) is 19.7. The van der Waals surface area contributed by atoms with E-state index in [1.54, 1.807) is 0 Å². The third-order valence-corrected chi connectivity index (χ3v) is 14.2. The molecule has 0 radical (unpaired) electrons. The fraction of sp³-hybridized carbons (Fsp3) is 0.692. The summed E-state index contributed by atoms with van der Waals surface area (Å²) in [5.41, 5.74) is 0. The number of hydrogen-bond donors (Lipinski definition) is 0. The van der Waals surface area contributed by atoms with Crippen LogP contribution < -0.4 is 34.0 Å². The van der Waals surface area contributed by atoms with Gasteiger partial charge in [-0.3, -0.25) is 12.2 Å². The first-order valence-corrected chi connectivity index (χ1v) is 17.8. The van der Waals surface area contributed by atoms with E-state index < -0.39 is 16.5 Å². The first-order chi connectivity index (χ1) is 13.7. The van der Waals surface area contributed by atoms with Crippen molar-refractivity contribution in [3.05, 3.63) is 46.8 Å². The van der Waals surface area contributed by atoms with Crippen molar-refractivity contribution in [2.75, 3.05) is 0 Å². The molecule has 0 saturated carbocycles. The van der Waals surface area contributed by atoms with Gasteiger partial charge in [-0.05, 0) is 24.2 Å². The molecule has 2 nitrogen and oxygen atoms in total. The second-order valence-corrected chi connectivity index (χ2v) is 19.0. The topological polar surface area (TPSA) is 6.48 Å². The maximum absolute atomic E-state index is 3.51. The van der Waals surface area contributed by atoms with E-state index in [0.717, 1.165) is 12.8 Å². The average Bonchev–Trinajstić information content (AvgIpc) is 3.28. The molecule has 33 heavy (non-hydrogen) atoms. The summed E-state index contributed by atoms with van der Waals surface area (Å²) in [6.07, 6.45) is 18.1. The van der Waals surface area contributed by atoms with Crippen LogP contribution in [0.5, 0.6) is 0 Å². The minimum Gasteiger partial charge on any atom is -1.00 e. The first kappa shape index (κ1) is 38.7. The number of halogens is 2. The summed E-state index contributed by atoms with van der Waals surface area (Å²) in [5, 5.41) is 2.95. The Bertz CT molecular complexity index is 608. The monoisotopic (exact) mass is 782 g/mol. The SMILES string of the molecule is CC(C)N(C(C)C)[Si](C)(C)C1=[C-]CC=C1.CC(C)N(C(C)C)[Si](C)(C)C1=[C-]CC=C1.[Br-].[Br-].[Hf+4]. The van der Waals surface area contributed by atoms with E-state index in [2.05, 4.69) is 127 Å². The summed E-state index contributed by atoms with van der Waals surface area (Å²) in [7, 11) is -2.95. The van der Waals surface area contributed by atoms with Crippen LogP contribution in [0.2, 0.25) is 26.2 Å². The molecule has 2 aliphatic rings. The Hall–Kier alpha value is 1.14. The van der Waals surface area contributed by atoms with Crippen LogP contribution in [-0.2, 0) is 25.8 Å². The molecular formula is C26H48Br2HfN2Si2. The number of nitrogens with zero attached hydrogens (tertiary/aromatic N) is 2. The van der Waals surface area contributed by atoms with E-state index in [4.69, 9.17) is 0 Å². The quantitative estimate of drug-likeness (QED) is 0.269. The average molecular weight is 783 g/mol. The van der Waals surface area contributed by atoms with Crippen LogP contribution in [0.15, 0.2) is 34.7 Å². The van der Waals surface area contributed by atoms with Gasteiger partial charge in [0.2, 0.25) is 0 Å².